The first kappa shape index (κ1) is 25.9. The van der Waals surface area contributed by atoms with Gasteiger partial charge in [0.1, 0.15) is 22.4 Å². The average molecular weight is 521 g/mol. The first-order valence-corrected chi connectivity index (χ1v) is 11.1. The highest BCUT2D eigenvalue weighted by molar-refractivity contribution is 7.15. The van der Waals surface area contributed by atoms with E-state index in [9.17, 15) is 27.5 Å². The Morgan fingerprint density at radius 1 is 1.26 bits per heavy atom. The number of anilines is 1. The second kappa shape index (κ2) is 10.2. The van der Waals surface area contributed by atoms with Crippen molar-refractivity contribution < 1.29 is 36.6 Å². The molecule has 2 N–H and O–H groups in total. The molecule has 182 valence electrons. The van der Waals surface area contributed by atoms with Crippen LogP contribution in [0.15, 0.2) is 30.3 Å². The molecule has 0 aliphatic rings. The van der Waals surface area contributed by atoms with Gasteiger partial charge in [0.25, 0.3) is 5.91 Å². The van der Waals surface area contributed by atoms with Gasteiger partial charge in [-0.2, -0.15) is 13.2 Å². The Kier molecular flexibility index (Phi) is 7.79. The molecule has 5 nitrogen and oxygen atoms in total. The maximum Gasteiger partial charge on any atom is 0.425 e. The summed E-state index contributed by atoms with van der Waals surface area (Å²) in [6.07, 6.45) is -6.63. The van der Waals surface area contributed by atoms with Crippen LogP contribution in [0.25, 0.3) is 10.6 Å². The normalized spacial score (nSPS) is 12.5. The summed E-state index contributed by atoms with van der Waals surface area (Å²) in [4.78, 5) is 17.6. The van der Waals surface area contributed by atoms with Crippen LogP contribution in [0.5, 0.6) is 5.75 Å². The van der Waals surface area contributed by atoms with Crippen LogP contribution in [0.1, 0.15) is 34.8 Å². The Bertz CT molecular complexity index is 1170. The van der Waals surface area contributed by atoms with Crippen molar-refractivity contribution >= 4 is 34.5 Å². The maximum absolute atomic E-state index is 15.0. The number of para-hydroxylation sites is 1. The quantitative estimate of drug-likeness (QED) is 0.355. The van der Waals surface area contributed by atoms with Crippen LogP contribution in [-0.2, 0) is 13.0 Å². The van der Waals surface area contributed by atoms with E-state index in [1.165, 1.54) is 12.1 Å². The summed E-state index contributed by atoms with van der Waals surface area (Å²) in [5.74, 6) is -3.59. The highest BCUT2D eigenvalue weighted by atomic mass is 35.5. The highest BCUT2D eigenvalue weighted by Crippen LogP contribution is 2.37. The summed E-state index contributed by atoms with van der Waals surface area (Å²) in [6.45, 7) is 2.12. The van der Waals surface area contributed by atoms with E-state index in [1.807, 2.05) is 0 Å². The number of benzene rings is 2. The van der Waals surface area contributed by atoms with E-state index in [-0.39, 0.29) is 15.6 Å². The van der Waals surface area contributed by atoms with Gasteiger partial charge in [-0.3, -0.25) is 4.79 Å². The first-order valence-electron chi connectivity index (χ1n) is 9.88. The summed E-state index contributed by atoms with van der Waals surface area (Å²) in [6, 6.07) is 5.21. The number of hydrogen-bond acceptors (Lipinski definition) is 5. The second-order valence-corrected chi connectivity index (χ2v) is 8.57. The van der Waals surface area contributed by atoms with Gasteiger partial charge in [0.05, 0.1) is 28.6 Å². The van der Waals surface area contributed by atoms with Crippen LogP contribution in [0.3, 0.4) is 0 Å². The summed E-state index contributed by atoms with van der Waals surface area (Å²) < 4.78 is 73.6. The topological polar surface area (TPSA) is 71.5 Å². The zero-order chi connectivity index (χ0) is 25.2. The fraction of sp³-hybridized carbons (Fsp3) is 0.273. The van der Waals surface area contributed by atoms with Crippen LogP contribution in [-0.4, -0.2) is 28.3 Å². The number of rotatable bonds is 7. The van der Waals surface area contributed by atoms with Crippen molar-refractivity contribution in [3.05, 3.63) is 63.1 Å². The van der Waals surface area contributed by atoms with Gasteiger partial charge in [-0.1, -0.05) is 24.6 Å². The second-order valence-electron chi connectivity index (χ2n) is 7.08. The van der Waals surface area contributed by atoms with E-state index in [2.05, 4.69) is 10.3 Å². The van der Waals surface area contributed by atoms with Crippen molar-refractivity contribution in [2.45, 2.75) is 39.2 Å². The molecule has 1 amide bonds. The van der Waals surface area contributed by atoms with E-state index < -0.39 is 53.4 Å². The molecule has 34 heavy (non-hydrogen) atoms. The van der Waals surface area contributed by atoms with Crippen molar-refractivity contribution in [1.82, 2.24) is 4.98 Å². The standard InChI is InChI=1S/C22H18ClF5N2O3S/c1-3-18-16(9-31)29-21(34-18)11-8-17(33-10(2)22(26,27)28)12(7-15(11)25)20(32)30-19-13(23)5-4-6-14(19)24/h4-8,10,31H,3,9H2,1-2H3,(H,30,32). The third-order valence-corrected chi connectivity index (χ3v) is 6.35. The zero-order valence-electron chi connectivity index (χ0n) is 17.8. The molecule has 3 rings (SSSR count). The zero-order valence-corrected chi connectivity index (χ0v) is 19.3. The molecule has 0 bridgehead atoms. The van der Waals surface area contributed by atoms with Crippen molar-refractivity contribution in [2.75, 3.05) is 5.32 Å². The van der Waals surface area contributed by atoms with Crippen molar-refractivity contribution in [3.8, 4) is 16.3 Å². The average Bonchev–Trinajstić information content (AvgIpc) is 3.19. The minimum atomic E-state index is -4.78. The lowest BCUT2D eigenvalue weighted by Crippen LogP contribution is -2.32. The molecule has 0 aliphatic carbocycles. The van der Waals surface area contributed by atoms with Crippen molar-refractivity contribution in [2.24, 2.45) is 0 Å². The van der Waals surface area contributed by atoms with Gasteiger partial charge >= 0.3 is 6.18 Å². The Hall–Kier alpha value is -2.76. The summed E-state index contributed by atoms with van der Waals surface area (Å²) in [5, 5.41) is 11.5. The largest absolute Gasteiger partial charge is 0.480 e. The number of thiazole rings is 1. The lowest BCUT2D eigenvalue weighted by Gasteiger charge is -2.20. The van der Waals surface area contributed by atoms with Gasteiger partial charge in [-0.15, -0.1) is 11.3 Å². The van der Waals surface area contributed by atoms with Gasteiger partial charge in [0.2, 0.25) is 0 Å². The lowest BCUT2D eigenvalue weighted by molar-refractivity contribution is -0.189. The fourth-order valence-electron chi connectivity index (χ4n) is 2.95. The third-order valence-electron chi connectivity index (χ3n) is 4.76. The number of alkyl halides is 3. The lowest BCUT2D eigenvalue weighted by atomic mass is 10.1. The number of ether oxygens (including phenoxy) is 1. The van der Waals surface area contributed by atoms with Crippen LogP contribution in [0.2, 0.25) is 5.02 Å². The molecule has 3 aromatic rings. The van der Waals surface area contributed by atoms with Gasteiger partial charge in [-0.05, 0) is 37.6 Å². The number of nitrogens with zero attached hydrogens (tertiary/aromatic N) is 1. The SMILES string of the molecule is CCc1sc(-c2cc(OC(C)C(F)(F)F)c(C(=O)Nc3c(F)cccc3Cl)cc2F)nc1CO. The molecule has 1 heterocycles. The van der Waals surface area contributed by atoms with Crippen molar-refractivity contribution in [3.63, 3.8) is 0 Å². The van der Waals surface area contributed by atoms with E-state index >= 15 is 4.39 Å². The number of halogens is 6. The number of aryl methyl sites for hydroxylation is 1. The first-order chi connectivity index (χ1) is 16.0. The van der Waals surface area contributed by atoms with E-state index in [0.717, 1.165) is 30.4 Å². The molecule has 12 heteroatoms. The van der Waals surface area contributed by atoms with Crippen LogP contribution < -0.4 is 10.1 Å². The monoisotopic (exact) mass is 520 g/mol. The Labute approximate surface area is 200 Å². The Morgan fingerprint density at radius 2 is 1.97 bits per heavy atom. The smallest absolute Gasteiger partial charge is 0.425 e. The molecule has 1 aromatic heterocycles. The van der Waals surface area contributed by atoms with Crippen LogP contribution in [0.4, 0.5) is 27.6 Å². The van der Waals surface area contributed by atoms with E-state index in [1.54, 1.807) is 6.92 Å². The minimum Gasteiger partial charge on any atom is -0.480 e. The van der Waals surface area contributed by atoms with Gasteiger partial charge in [-0.25, -0.2) is 13.8 Å². The molecular weight excluding hydrogens is 503 g/mol. The molecule has 0 saturated heterocycles. The molecule has 1 atom stereocenters. The number of amides is 1. The molecule has 1 unspecified atom stereocenters. The Balaban J connectivity index is 2.10. The van der Waals surface area contributed by atoms with Gasteiger partial charge < -0.3 is 15.2 Å². The summed E-state index contributed by atoms with van der Waals surface area (Å²) >= 11 is 6.94. The summed E-state index contributed by atoms with van der Waals surface area (Å²) in [5.41, 5.74) is -0.937. The number of carbonyl (C=O) groups is 1. The molecule has 2 aromatic carbocycles. The number of aromatic nitrogens is 1. The number of hydrogen-bond donors (Lipinski definition) is 2. The van der Waals surface area contributed by atoms with E-state index in [4.69, 9.17) is 16.3 Å². The highest BCUT2D eigenvalue weighted by Gasteiger charge is 2.39. The molecular formula is C22H18ClF5N2O3S. The molecule has 0 fully saturated rings. The van der Waals surface area contributed by atoms with E-state index in [0.29, 0.717) is 23.1 Å². The van der Waals surface area contributed by atoms with Crippen molar-refractivity contribution in [1.29, 1.82) is 0 Å². The molecule has 0 saturated carbocycles. The Morgan fingerprint density at radius 3 is 2.53 bits per heavy atom. The number of aliphatic hydroxyl groups excluding tert-OH is 1. The molecule has 0 aliphatic heterocycles. The number of nitrogens with one attached hydrogen (secondary N) is 1. The maximum atomic E-state index is 15.0. The van der Waals surface area contributed by atoms with Crippen LogP contribution in [0, 0.1) is 11.6 Å². The summed E-state index contributed by atoms with van der Waals surface area (Å²) in [7, 11) is 0. The molecule has 0 radical (unpaired) electrons. The predicted molar refractivity (Wildman–Crippen MR) is 118 cm³/mol. The third kappa shape index (κ3) is 5.48. The fourth-order valence-corrected chi connectivity index (χ4v) is 4.18. The van der Waals surface area contributed by atoms with Gasteiger partial charge in [0.15, 0.2) is 6.10 Å². The number of aliphatic hydroxyl groups is 1. The predicted octanol–water partition coefficient (Wildman–Crippen LogP) is 6.38. The number of carbonyl (C=O) groups excluding carboxylic acids is 1. The minimum absolute atomic E-state index is 0.0898. The molecule has 0 spiro atoms. The van der Waals surface area contributed by atoms with Gasteiger partial charge in [0, 0.05) is 10.4 Å². The van der Waals surface area contributed by atoms with Crippen LogP contribution >= 0.6 is 22.9 Å².